The summed E-state index contributed by atoms with van der Waals surface area (Å²) in [6.45, 7) is 1.99. The summed E-state index contributed by atoms with van der Waals surface area (Å²) in [5, 5.41) is 14.5. The second-order valence-electron chi connectivity index (χ2n) is 7.81. The number of piperidine rings is 1. The molecule has 5 rings (SSSR count). The molecule has 0 spiro atoms. The van der Waals surface area contributed by atoms with Gasteiger partial charge in [-0.15, -0.1) is 11.3 Å². The number of ether oxygens (including phenoxy) is 2. The first-order valence-electron chi connectivity index (χ1n) is 10.2. The number of aromatic nitrogens is 1. The highest BCUT2D eigenvalue weighted by Crippen LogP contribution is 2.38. The number of likely N-dealkylation sites (tertiary alicyclic amines) is 1. The first kappa shape index (κ1) is 20.0. The lowest BCUT2D eigenvalue weighted by Gasteiger charge is -2.46. The van der Waals surface area contributed by atoms with Crippen molar-refractivity contribution < 1.29 is 19.4 Å². The maximum Gasteiger partial charge on any atom is 0.263 e. The molecule has 7 nitrogen and oxygen atoms in total. The molecule has 160 valence electrons. The van der Waals surface area contributed by atoms with Crippen LogP contribution < -0.4 is 14.8 Å². The minimum absolute atomic E-state index is 0.217. The number of rotatable bonds is 5. The standard InChI is InChI=1S/C23H23N3O4S/c27-20-13-26(12-16-5-4-8-18-21(16)30-15-29-18)10-9-23(20,17-6-2-1-3-7-17)25-22(28)19-11-24-14-31-19/h1-8,11,14,20,27H,9-10,12-13,15H2,(H,25,28)/t20-,23-/m1/s1. The second kappa shape index (κ2) is 8.30. The molecule has 1 amide bonds. The Bertz CT molecular complexity index is 1060. The minimum atomic E-state index is -0.864. The van der Waals surface area contributed by atoms with Crippen LogP contribution in [0.15, 0.2) is 60.2 Å². The molecule has 3 heterocycles. The molecule has 0 aliphatic carbocycles. The number of para-hydroxylation sites is 1. The van der Waals surface area contributed by atoms with E-state index >= 15 is 0 Å². The molecular weight excluding hydrogens is 414 g/mol. The number of aliphatic hydroxyl groups excluding tert-OH is 1. The first-order chi connectivity index (χ1) is 15.2. The van der Waals surface area contributed by atoms with Crippen molar-refractivity contribution in [2.75, 3.05) is 19.9 Å². The van der Waals surface area contributed by atoms with Crippen LogP contribution >= 0.6 is 11.3 Å². The van der Waals surface area contributed by atoms with Gasteiger partial charge in [-0.2, -0.15) is 0 Å². The number of nitrogens with zero attached hydrogens (tertiary/aromatic N) is 2. The maximum atomic E-state index is 12.9. The molecule has 31 heavy (non-hydrogen) atoms. The van der Waals surface area contributed by atoms with Gasteiger partial charge in [0.1, 0.15) is 4.88 Å². The van der Waals surface area contributed by atoms with Gasteiger partial charge in [0, 0.05) is 25.2 Å². The molecule has 8 heteroatoms. The Balaban J connectivity index is 1.38. The third-order valence-electron chi connectivity index (χ3n) is 5.98. The van der Waals surface area contributed by atoms with Crippen molar-refractivity contribution in [3.05, 3.63) is 76.2 Å². The lowest BCUT2D eigenvalue weighted by molar-refractivity contribution is -0.0182. The number of nitrogens with one attached hydrogen (secondary N) is 1. The average molecular weight is 438 g/mol. The summed E-state index contributed by atoms with van der Waals surface area (Å²) < 4.78 is 11.1. The van der Waals surface area contributed by atoms with E-state index < -0.39 is 11.6 Å². The summed E-state index contributed by atoms with van der Waals surface area (Å²) in [5.41, 5.74) is 2.70. The van der Waals surface area contributed by atoms with Gasteiger partial charge in [-0.05, 0) is 18.1 Å². The number of hydrogen-bond donors (Lipinski definition) is 2. The largest absolute Gasteiger partial charge is 0.454 e. The lowest BCUT2D eigenvalue weighted by Crippen LogP contribution is -2.61. The zero-order valence-electron chi connectivity index (χ0n) is 16.9. The zero-order chi connectivity index (χ0) is 21.3. The van der Waals surface area contributed by atoms with Gasteiger partial charge in [0.2, 0.25) is 6.79 Å². The van der Waals surface area contributed by atoms with Crippen LogP contribution in [-0.4, -0.2) is 46.9 Å². The third kappa shape index (κ3) is 3.78. The normalized spacial score (nSPS) is 22.9. The molecule has 2 atom stereocenters. The molecule has 1 saturated heterocycles. The van der Waals surface area contributed by atoms with E-state index in [1.807, 2.05) is 48.5 Å². The van der Waals surface area contributed by atoms with Gasteiger partial charge in [-0.3, -0.25) is 14.7 Å². The summed E-state index contributed by atoms with van der Waals surface area (Å²) in [6, 6.07) is 15.6. The van der Waals surface area contributed by atoms with Crippen molar-refractivity contribution in [2.24, 2.45) is 0 Å². The van der Waals surface area contributed by atoms with Crippen LogP contribution in [0, 0.1) is 0 Å². The van der Waals surface area contributed by atoms with Crippen molar-refractivity contribution in [3.63, 3.8) is 0 Å². The molecule has 2 N–H and O–H groups in total. The van der Waals surface area contributed by atoms with Gasteiger partial charge < -0.3 is 19.9 Å². The van der Waals surface area contributed by atoms with E-state index in [0.29, 0.717) is 30.9 Å². The number of hydrogen-bond acceptors (Lipinski definition) is 7. The Hall–Kier alpha value is -2.94. The topological polar surface area (TPSA) is 83.9 Å². The number of fused-ring (bicyclic) bond motifs is 1. The number of thiazole rings is 1. The number of aliphatic hydroxyl groups is 1. The lowest BCUT2D eigenvalue weighted by atomic mass is 9.78. The zero-order valence-corrected chi connectivity index (χ0v) is 17.7. The molecular formula is C23H23N3O4S. The quantitative estimate of drug-likeness (QED) is 0.639. The van der Waals surface area contributed by atoms with Crippen LogP contribution in [0.3, 0.4) is 0 Å². The van der Waals surface area contributed by atoms with Crippen molar-refractivity contribution in [1.82, 2.24) is 15.2 Å². The summed E-state index contributed by atoms with van der Waals surface area (Å²) in [6.07, 6.45) is 1.35. The van der Waals surface area contributed by atoms with Gasteiger partial charge in [-0.25, -0.2) is 0 Å². The predicted molar refractivity (Wildman–Crippen MR) is 116 cm³/mol. The molecule has 1 fully saturated rings. The highest BCUT2D eigenvalue weighted by Gasteiger charge is 2.45. The van der Waals surface area contributed by atoms with Crippen molar-refractivity contribution in [1.29, 1.82) is 0 Å². The van der Waals surface area contributed by atoms with Crippen LogP contribution in [0.5, 0.6) is 11.5 Å². The summed E-state index contributed by atoms with van der Waals surface area (Å²) in [5.74, 6) is 1.31. The van der Waals surface area contributed by atoms with Gasteiger partial charge in [0.05, 0.1) is 23.4 Å². The van der Waals surface area contributed by atoms with E-state index in [1.54, 1.807) is 11.7 Å². The molecule has 2 aromatic carbocycles. The van der Waals surface area contributed by atoms with E-state index in [-0.39, 0.29) is 12.7 Å². The number of benzene rings is 2. The van der Waals surface area contributed by atoms with Gasteiger partial charge >= 0.3 is 0 Å². The van der Waals surface area contributed by atoms with E-state index in [4.69, 9.17) is 9.47 Å². The van der Waals surface area contributed by atoms with Crippen molar-refractivity contribution in [2.45, 2.75) is 24.6 Å². The second-order valence-corrected chi connectivity index (χ2v) is 8.70. The van der Waals surface area contributed by atoms with Gasteiger partial charge in [-0.1, -0.05) is 42.5 Å². The highest BCUT2D eigenvalue weighted by molar-refractivity contribution is 7.11. The number of carbonyl (C=O) groups excluding carboxylic acids is 1. The molecule has 2 aliphatic heterocycles. The predicted octanol–water partition coefficient (Wildman–Crippen LogP) is 2.76. The maximum absolute atomic E-state index is 12.9. The summed E-state index contributed by atoms with van der Waals surface area (Å²) in [4.78, 5) is 19.6. The van der Waals surface area contributed by atoms with E-state index in [1.165, 1.54) is 11.3 Å². The van der Waals surface area contributed by atoms with Gasteiger partial charge in [0.15, 0.2) is 11.5 Å². The van der Waals surface area contributed by atoms with E-state index in [2.05, 4.69) is 15.2 Å². The molecule has 0 saturated carbocycles. The number of β-amino-alcohol motifs (C(OH)–C–C–N with tert-alkyl or cyclic N) is 1. The Morgan fingerprint density at radius 3 is 2.87 bits per heavy atom. The fourth-order valence-electron chi connectivity index (χ4n) is 4.37. The molecule has 0 radical (unpaired) electrons. The Morgan fingerprint density at radius 1 is 1.23 bits per heavy atom. The van der Waals surface area contributed by atoms with Crippen LogP contribution in [0.1, 0.15) is 27.2 Å². The van der Waals surface area contributed by atoms with Gasteiger partial charge in [0.25, 0.3) is 5.91 Å². The first-order valence-corrected chi connectivity index (χ1v) is 11.1. The molecule has 0 unspecified atom stereocenters. The summed E-state index contributed by atoms with van der Waals surface area (Å²) >= 11 is 1.29. The fourth-order valence-corrected chi connectivity index (χ4v) is 4.89. The average Bonchev–Trinajstić information content (AvgIpc) is 3.49. The smallest absolute Gasteiger partial charge is 0.263 e. The van der Waals surface area contributed by atoms with Crippen molar-refractivity contribution >= 4 is 17.2 Å². The van der Waals surface area contributed by atoms with Crippen LogP contribution in [0.4, 0.5) is 0 Å². The minimum Gasteiger partial charge on any atom is -0.454 e. The molecule has 2 aliphatic rings. The molecule has 0 bridgehead atoms. The number of amides is 1. The Morgan fingerprint density at radius 2 is 2.10 bits per heavy atom. The summed E-state index contributed by atoms with van der Waals surface area (Å²) in [7, 11) is 0. The fraction of sp³-hybridized carbons (Fsp3) is 0.304. The number of carbonyl (C=O) groups is 1. The SMILES string of the molecule is O=C(N[C@@]1(c2ccccc2)CCN(Cc2cccc3c2OCO3)C[C@H]1O)c1cncs1. The molecule has 1 aromatic heterocycles. The third-order valence-corrected chi connectivity index (χ3v) is 6.75. The van der Waals surface area contributed by atoms with Crippen molar-refractivity contribution in [3.8, 4) is 11.5 Å². The van der Waals surface area contributed by atoms with E-state index in [9.17, 15) is 9.90 Å². The monoisotopic (exact) mass is 437 g/mol. The van der Waals surface area contributed by atoms with Crippen LogP contribution in [0.2, 0.25) is 0 Å². The Labute approximate surface area is 184 Å². The van der Waals surface area contributed by atoms with Crippen LogP contribution in [0.25, 0.3) is 0 Å². The van der Waals surface area contributed by atoms with Crippen LogP contribution in [-0.2, 0) is 12.1 Å². The highest BCUT2D eigenvalue weighted by atomic mass is 32.1. The Kier molecular flexibility index (Phi) is 5.35. The van der Waals surface area contributed by atoms with E-state index in [0.717, 1.165) is 22.6 Å². The molecule has 3 aromatic rings.